The molecule has 1 aliphatic carbocycles. The van der Waals surface area contributed by atoms with Gasteiger partial charge in [-0.1, -0.05) is 50.1 Å². The van der Waals surface area contributed by atoms with E-state index in [1.165, 1.54) is 12.8 Å². The molecule has 1 aromatic rings. The summed E-state index contributed by atoms with van der Waals surface area (Å²) in [6.07, 6.45) is 7.13. The van der Waals surface area contributed by atoms with Crippen LogP contribution < -0.4 is 5.32 Å². The number of rotatable bonds is 7. The molecule has 2 aliphatic heterocycles. The summed E-state index contributed by atoms with van der Waals surface area (Å²) in [7, 11) is 0. The Morgan fingerprint density at radius 2 is 1.81 bits per heavy atom. The van der Waals surface area contributed by atoms with Crippen molar-refractivity contribution in [2.24, 2.45) is 5.92 Å². The minimum Gasteiger partial charge on any atom is -0.356 e. The predicted molar refractivity (Wildman–Crippen MR) is 120 cm³/mol. The van der Waals surface area contributed by atoms with Crippen LogP contribution in [0.25, 0.3) is 0 Å². The van der Waals surface area contributed by atoms with Crippen molar-refractivity contribution in [3.05, 3.63) is 35.9 Å². The van der Waals surface area contributed by atoms with Crippen LogP contribution in [-0.4, -0.2) is 66.5 Å². The highest BCUT2D eigenvalue weighted by Crippen LogP contribution is 2.36. The zero-order chi connectivity index (χ0) is 21.6. The molecule has 1 saturated carbocycles. The lowest BCUT2D eigenvalue weighted by Gasteiger charge is -2.43. The van der Waals surface area contributed by atoms with Crippen LogP contribution in [0.3, 0.4) is 0 Å². The zero-order valence-electron chi connectivity index (χ0n) is 18.8. The van der Waals surface area contributed by atoms with Crippen molar-refractivity contribution in [3.8, 4) is 0 Å². The van der Waals surface area contributed by atoms with E-state index in [4.69, 9.17) is 4.74 Å². The third-order valence-electron chi connectivity index (χ3n) is 7.21. The summed E-state index contributed by atoms with van der Waals surface area (Å²) in [5, 5.41) is 3.10. The fraction of sp³-hybridized carbons (Fsp3) is 0.680. The number of carbonyl (C=O) groups excluding carboxylic acids is 2. The molecule has 2 saturated heterocycles. The van der Waals surface area contributed by atoms with Gasteiger partial charge in [-0.2, -0.15) is 0 Å². The van der Waals surface area contributed by atoms with Gasteiger partial charge in [-0.15, -0.1) is 0 Å². The molecule has 2 amide bonds. The maximum Gasteiger partial charge on any atom is 0.251 e. The fourth-order valence-corrected chi connectivity index (χ4v) is 5.35. The molecule has 6 nitrogen and oxygen atoms in total. The summed E-state index contributed by atoms with van der Waals surface area (Å²) in [5.41, 5.74) is 0.977. The first-order chi connectivity index (χ1) is 15.1. The van der Waals surface area contributed by atoms with Crippen LogP contribution in [0.4, 0.5) is 0 Å². The summed E-state index contributed by atoms with van der Waals surface area (Å²) in [4.78, 5) is 30.5. The molecule has 0 bridgehead atoms. The number of piperidine rings is 1. The first-order valence-corrected chi connectivity index (χ1v) is 12.1. The van der Waals surface area contributed by atoms with Gasteiger partial charge < -0.3 is 19.9 Å². The molecule has 2 atom stereocenters. The summed E-state index contributed by atoms with van der Waals surface area (Å²) >= 11 is 0. The first-order valence-electron chi connectivity index (χ1n) is 12.1. The van der Waals surface area contributed by atoms with Gasteiger partial charge >= 0.3 is 0 Å². The number of hydrogen-bond acceptors (Lipinski definition) is 4. The third kappa shape index (κ3) is 5.47. The predicted octanol–water partition coefficient (Wildman–Crippen LogP) is 3.14. The SMILES string of the molecule is CC1CCN(CCCNC(=O)[C@H]2OCC(=O)N(C3CCCC3)[C@@H]2c2ccccc2)CC1. The van der Waals surface area contributed by atoms with Gasteiger partial charge in [0.15, 0.2) is 6.10 Å². The van der Waals surface area contributed by atoms with Crippen molar-refractivity contribution in [2.45, 2.75) is 70.1 Å². The molecule has 0 spiro atoms. The highest BCUT2D eigenvalue weighted by Gasteiger charge is 2.44. The number of ether oxygens (including phenoxy) is 1. The highest BCUT2D eigenvalue weighted by molar-refractivity contribution is 5.86. The van der Waals surface area contributed by atoms with Crippen LogP contribution in [0.15, 0.2) is 30.3 Å². The lowest BCUT2D eigenvalue weighted by atomic mass is 9.95. The van der Waals surface area contributed by atoms with E-state index in [1.54, 1.807) is 0 Å². The molecule has 3 fully saturated rings. The van der Waals surface area contributed by atoms with Crippen LogP contribution in [-0.2, 0) is 14.3 Å². The molecule has 2 heterocycles. The molecular formula is C25H37N3O3. The van der Waals surface area contributed by atoms with Crippen LogP contribution in [0.2, 0.25) is 0 Å². The molecule has 0 unspecified atom stereocenters. The Labute approximate surface area is 186 Å². The topological polar surface area (TPSA) is 61.9 Å². The van der Waals surface area contributed by atoms with E-state index in [-0.39, 0.29) is 30.5 Å². The number of hydrogen-bond donors (Lipinski definition) is 1. The molecule has 3 aliphatic rings. The van der Waals surface area contributed by atoms with E-state index >= 15 is 0 Å². The van der Waals surface area contributed by atoms with E-state index in [2.05, 4.69) is 17.1 Å². The van der Waals surface area contributed by atoms with Gasteiger partial charge in [0.1, 0.15) is 6.61 Å². The van der Waals surface area contributed by atoms with Crippen LogP contribution in [0.5, 0.6) is 0 Å². The Morgan fingerprint density at radius 1 is 1.10 bits per heavy atom. The summed E-state index contributed by atoms with van der Waals surface area (Å²) < 4.78 is 5.85. The van der Waals surface area contributed by atoms with Crippen molar-refractivity contribution in [1.29, 1.82) is 0 Å². The van der Waals surface area contributed by atoms with Gasteiger partial charge in [-0.05, 0) is 63.2 Å². The minimum absolute atomic E-state index is 0.00382. The normalized spacial score (nSPS) is 26.4. The van der Waals surface area contributed by atoms with Gasteiger partial charge in [0.25, 0.3) is 5.91 Å². The van der Waals surface area contributed by atoms with Gasteiger partial charge in [0, 0.05) is 12.6 Å². The Balaban J connectivity index is 1.39. The largest absolute Gasteiger partial charge is 0.356 e. The molecule has 170 valence electrons. The van der Waals surface area contributed by atoms with Crippen LogP contribution in [0, 0.1) is 5.92 Å². The summed E-state index contributed by atoms with van der Waals surface area (Å²) in [6, 6.07) is 9.77. The van der Waals surface area contributed by atoms with Gasteiger partial charge in [-0.25, -0.2) is 0 Å². The standard InChI is InChI=1S/C25H37N3O3/c1-19-12-16-27(17-13-19)15-7-14-26-25(30)24-23(20-8-3-2-4-9-20)28(22(29)18-31-24)21-10-5-6-11-21/h2-4,8-9,19,21,23-24H,5-7,10-18H2,1H3,(H,26,30)/t23-,24+/m1/s1. The fourth-order valence-electron chi connectivity index (χ4n) is 5.35. The van der Waals surface area contributed by atoms with Crippen LogP contribution >= 0.6 is 0 Å². The second kappa shape index (κ2) is 10.6. The molecular weight excluding hydrogens is 390 g/mol. The quantitative estimate of drug-likeness (QED) is 0.679. The number of nitrogens with one attached hydrogen (secondary N) is 1. The average molecular weight is 428 g/mol. The summed E-state index contributed by atoms with van der Waals surface area (Å²) in [5.74, 6) is 0.737. The van der Waals surface area contributed by atoms with Crippen molar-refractivity contribution in [2.75, 3.05) is 32.8 Å². The van der Waals surface area contributed by atoms with Crippen LogP contribution in [0.1, 0.15) is 63.5 Å². The molecule has 0 radical (unpaired) electrons. The maximum atomic E-state index is 13.2. The number of benzene rings is 1. The number of nitrogens with zero attached hydrogens (tertiary/aromatic N) is 2. The lowest BCUT2D eigenvalue weighted by molar-refractivity contribution is -0.168. The number of amides is 2. The number of likely N-dealkylation sites (tertiary alicyclic amines) is 1. The van der Waals surface area contributed by atoms with Gasteiger partial charge in [-0.3, -0.25) is 9.59 Å². The lowest BCUT2D eigenvalue weighted by Crippen LogP contribution is -2.57. The van der Waals surface area contributed by atoms with E-state index in [1.807, 2.05) is 35.2 Å². The monoisotopic (exact) mass is 427 g/mol. The number of morpholine rings is 1. The zero-order valence-corrected chi connectivity index (χ0v) is 18.8. The van der Waals surface area contributed by atoms with Crippen molar-refractivity contribution < 1.29 is 14.3 Å². The van der Waals surface area contributed by atoms with E-state index in [0.29, 0.717) is 6.54 Å². The Morgan fingerprint density at radius 3 is 2.52 bits per heavy atom. The maximum absolute atomic E-state index is 13.2. The Bertz CT molecular complexity index is 727. The molecule has 31 heavy (non-hydrogen) atoms. The van der Waals surface area contributed by atoms with Crippen molar-refractivity contribution in [3.63, 3.8) is 0 Å². The van der Waals surface area contributed by atoms with E-state index in [9.17, 15) is 9.59 Å². The van der Waals surface area contributed by atoms with Gasteiger partial charge in [0.2, 0.25) is 5.91 Å². The smallest absolute Gasteiger partial charge is 0.251 e. The molecule has 4 rings (SSSR count). The summed E-state index contributed by atoms with van der Waals surface area (Å²) in [6.45, 7) is 6.30. The minimum atomic E-state index is -0.656. The highest BCUT2D eigenvalue weighted by atomic mass is 16.5. The molecule has 1 aromatic carbocycles. The van der Waals surface area contributed by atoms with Crippen molar-refractivity contribution in [1.82, 2.24) is 15.1 Å². The average Bonchev–Trinajstić information content (AvgIpc) is 3.32. The molecule has 6 heteroatoms. The second-order valence-corrected chi connectivity index (χ2v) is 9.50. The van der Waals surface area contributed by atoms with Gasteiger partial charge in [0.05, 0.1) is 6.04 Å². The Kier molecular flexibility index (Phi) is 7.62. The van der Waals surface area contributed by atoms with E-state index < -0.39 is 6.10 Å². The third-order valence-corrected chi connectivity index (χ3v) is 7.21. The number of carbonyl (C=O) groups is 2. The van der Waals surface area contributed by atoms with Crippen molar-refractivity contribution >= 4 is 11.8 Å². The Hall–Kier alpha value is -1.92. The molecule has 1 N–H and O–H groups in total. The second-order valence-electron chi connectivity index (χ2n) is 9.50. The first kappa shape index (κ1) is 22.3. The molecule has 0 aromatic heterocycles. The van der Waals surface area contributed by atoms with E-state index in [0.717, 1.165) is 63.2 Å².